The highest BCUT2D eigenvalue weighted by Gasteiger charge is 2.45. The summed E-state index contributed by atoms with van der Waals surface area (Å²) >= 11 is 6.24. The van der Waals surface area contributed by atoms with Crippen LogP contribution in [-0.4, -0.2) is 15.7 Å². The Kier molecular flexibility index (Phi) is 3.64. The lowest BCUT2D eigenvalue weighted by Gasteiger charge is -2.10. The molecule has 0 saturated heterocycles. The third kappa shape index (κ3) is 3.00. The first-order valence-electron chi connectivity index (χ1n) is 8.21. The van der Waals surface area contributed by atoms with Gasteiger partial charge in [0.2, 0.25) is 5.91 Å². The van der Waals surface area contributed by atoms with Crippen LogP contribution < -0.4 is 5.32 Å². The second-order valence-electron chi connectivity index (χ2n) is 6.76. The van der Waals surface area contributed by atoms with Crippen LogP contribution in [-0.2, 0) is 11.3 Å². The molecular weight excluding hydrogens is 310 g/mol. The molecular formula is C18H20ClN3O. The minimum atomic E-state index is 0.0126. The summed E-state index contributed by atoms with van der Waals surface area (Å²) in [5.41, 5.74) is 2.10. The van der Waals surface area contributed by atoms with Gasteiger partial charge in [-0.05, 0) is 49.7 Å². The molecule has 1 aromatic heterocycles. The molecule has 1 heterocycles. The Balaban J connectivity index is 1.45. The molecule has 23 heavy (non-hydrogen) atoms. The van der Waals surface area contributed by atoms with E-state index in [1.54, 1.807) is 0 Å². The van der Waals surface area contributed by atoms with Crippen molar-refractivity contribution in [3.63, 3.8) is 0 Å². The second kappa shape index (κ2) is 5.68. The van der Waals surface area contributed by atoms with Crippen molar-refractivity contribution in [2.45, 2.75) is 38.6 Å². The zero-order chi connectivity index (χ0) is 16.0. The molecule has 1 amide bonds. The van der Waals surface area contributed by atoms with Crippen LogP contribution in [0.5, 0.6) is 0 Å². The molecule has 0 aliphatic heterocycles. The summed E-state index contributed by atoms with van der Waals surface area (Å²) in [6, 6.07) is 7.80. The van der Waals surface area contributed by atoms with Crippen molar-refractivity contribution in [2.75, 3.05) is 5.32 Å². The van der Waals surface area contributed by atoms with Crippen molar-refractivity contribution < 1.29 is 4.79 Å². The van der Waals surface area contributed by atoms with Crippen LogP contribution in [0, 0.1) is 18.8 Å². The summed E-state index contributed by atoms with van der Waals surface area (Å²) in [5, 5.41) is 8.24. The third-order valence-corrected chi connectivity index (χ3v) is 5.17. The van der Waals surface area contributed by atoms with E-state index in [9.17, 15) is 4.79 Å². The number of hydrogen-bond acceptors (Lipinski definition) is 2. The molecule has 120 valence electrons. The number of aryl methyl sites for hydroxylation is 1. The molecule has 0 unspecified atom stereocenters. The van der Waals surface area contributed by atoms with Crippen LogP contribution in [0.3, 0.4) is 0 Å². The lowest BCUT2D eigenvalue weighted by molar-refractivity contribution is -0.117. The molecule has 2 atom stereocenters. The van der Waals surface area contributed by atoms with Crippen LogP contribution in [0.25, 0.3) is 0 Å². The minimum Gasteiger partial charge on any atom is -0.310 e. The number of carbonyl (C=O) groups excluding carboxylic acids is 1. The maximum absolute atomic E-state index is 12.6. The van der Waals surface area contributed by atoms with E-state index in [0.29, 0.717) is 0 Å². The van der Waals surface area contributed by atoms with Gasteiger partial charge < -0.3 is 5.32 Å². The number of hydrogen-bond donors (Lipinski definition) is 1. The lowest BCUT2D eigenvalue weighted by atomic mass is 10.1. The molecule has 0 bridgehead atoms. The summed E-state index contributed by atoms with van der Waals surface area (Å²) in [6.45, 7) is 2.90. The number of anilines is 1. The Hall–Kier alpha value is -1.81. The number of amides is 1. The topological polar surface area (TPSA) is 46.9 Å². The highest BCUT2D eigenvalue weighted by Crippen LogP contribution is 2.50. The molecule has 2 aromatic rings. The quantitative estimate of drug-likeness (QED) is 0.901. The van der Waals surface area contributed by atoms with Crippen molar-refractivity contribution in [1.29, 1.82) is 0 Å². The molecule has 0 radical (unpaired) electrons. The zero-order valence-corrected chi connectivity index (χ0v) is 13.9. The monoisotopic (exact) mass is 329 g/mol. The molecule has 5 heteroatoms. The fourth-order valence-electron chi connectivity index (χ4n) is 3.14. The highest BCUT2D eigenvalue weighted by atomic mass is 35.5. The van der Waals surface area contributed by atoms with E-state index in [1.807, 2.05) is 42.1 Å². The van der Waals surface area contributed by atoms with Crippen LogP contribution >= 0.6 is 11.6 Å². The molecule has 2 aliphatic rings. The Morgan fingerprint density at radius 2 is 2.17 bits per heavy atom. The predicted octanol–water partition coefficient (Wildman–Crippen LogP) is 4.00. The van der Waals surface area contributed by atoms with Gasteiger partial charge in [0.15, 0.2) is 0 Å². The van der Waals surface area contributed by atoms with Gasteiger partial charge in [-0.3, -0.25) is 4.79 Å². The van der Waals surface area contributed by atoms with E-state index >= 15 is 0 Å². The van der Waals surface area contributed by atoms with E-state index < -0.39 is 0 Å². The van der Waals surface area contributed by atoms with E-state index in [2.05, 4.69) is 10.4 Å². The average molecular weight is 330 g/mol. The van der Waals surface area contributed by atoms with E-state index in [1.165, 1.54) is 12.8 Å². The Bertz CT molecular complexity index is 750. The molecule has 1 aromatic carbocycles. The molecule has 2 fully saturated rings. The summed E-state index contributed by atoms with van der Waals surface area (Å²) in [6.07, 6.45) is 5.23. The number of benzene rings is 1. The van der Waals surface area contributed by atoms with Crippen molar-refractivity contribution >= 4 is 23.3 Å². The fraction of sp³-hybridized carbons (Fsp3) is 0.444. The van der Waals surface area contributed by atoms with Gasteiger partial charge in [-0.1, -0.05) is 29.8 Å². The standard InChI is InChI=1S/C18H20ClN3O/c1-11-9-20-22(10-12-6-7-12)17(11)21-18(23)15-8-14(15)13-4-2-3-5-16(13)19/h2-5,9,12,14-15H,6-8,10H2,1H3,(H,21,23)/t14-,15+/m1/s1. The molecule has 2 aliphatic carbocycles. The Morgan fingerprint density at radius 3 is 2.91 bits per heavy atom. The second-order valence-corrected chi connectivity index (χ2v) is 7.17. The summed E-state index contributed by atoms with van der Waals surface area (Å²) in [5.74, 6) is 1.91. The summed E-state index contributed by atoms with van der Waals surface area (Å²) in [4.78, 5) is 12.6. The van der Waals surface area contributed by atoms with Gasteiger partial charge >= 0.3 is 0 Å². The van der Waals surface area contributed by atoms with Crippen molar-refractivity contribution in [3.8, 4) is 0 Å². The first-order valence-corrected chi connectivity index (χ1v) is 8.59. The van der Waals surface area contributed by atoms with Crippen molar-refractivity contribution in [2.24, 2.45) is 11.8 Å². The molecule has 2 saturated carbocycles. The van der Waals surface area contributed by atoms with Gasteiger partial charge in [0.1, 0.15) is 5.82 Å². The van der Waals surface area contributed by atoms with E-state index in [4.69, 9.17) is 11.6 Å². The Labute approximate surface area is 140 Å². The highest BCUT2D eigenvalue weighted by molar-refractivity contribution is 6.31. The number of halogens is 1. The van der Waals surface area contributed by atoms with E-state index in [0.717, 1.165) is 40.9 Å². The zero-order valence-electron chi connectivity index (χ0n) is 13.1. The number of carbonyl (C=O) groups is 1. The number of nitrogens with one attached hydrogen (secondary N) is 1. The first kappa shape index (κ1) is 14.8. The lowest BCUT2D eigenvalue weighted by Crippen LogP contribution is -2.19. The van der Waals surface area contributed by atoms with Crippen LogP contribution in [0.4, 0.5) is 5.82 Å². The summed E-state index contributed by atoms with van der Waals surface area (Å²) in [7, 11) is 0. The van der Waals surface area contributed by atoms with E-state index in [-0.39, 0.29) is 17.7 Å². The molecule has 4 nitrogen and oxygen atoms in total. The van der Waals surface area contributed by atoms with Gasteiger partial charge in [-0.15, -0.1) is 0 Å². The maximum atomic E-state index is 12.6. The molecule has 4 rings (SSSR count). The van der Waals surface area contributed by atoms with Gasteiger partial charge in [-0.2, -0.15) is 5.10 Å². The number of aromatic nitrogens is 2. The van der Waals surface area contributed by atoms with Crippen LogP contribution in [0.1, 0.15) is 36.3 Å². The van der Waals surface area contributed by atoms with Crippen molar-refractivity contribution in [3.05, 3.63) is 46.6 Å². The number of nitrogens with zero attached hydrogens (tertiary/aromatic N) is 2. The molecule has 1 N–H and O–H groups in total. The van der Waals surface area contributed by atoms with Crippen molar-refractivity contribution in [1.82, 2.24) is 9.78 Å². The molecule has 0 spiro atoms. The SMILES string of the molecule is Cc1cnn(CC2CC2)c1NC(=O)[C@H]1C[C@@H]1c1ccccc1Cl. The van der Waals surface area contributed by atoms with Crippen LogP contribution in [0.15, 0.2) is 30.5 Å². The first-order chi connectivity index (χ1) is 11.1. The minimum absolute atomic E-state index is 0.0126. The smallest absolute Gasteiger partial charge is 0.229 e. The average Bonchev–Trinajstić information content (AvgIpc) is 3.43. The largest absolute Gasteiger partial charge is 0.310 e. The maximum Gasteiger partial charge on any atom is 0.229 e. The summed E-state index contributed by atoms with van der Waals surface area (Å²) < 4.78 is 1.94. The Morgan fingerprint density at radius 1 is 1.39 bits per heavy atom. The number of rotatable bonds is 5. The third-order valence-electron chi connectivity index (χ3n) is 4.82. The van der Waals surface area contributed by atoms with Gasteiger partial charge in [0.05, 0.1) is 6.20 Å². The normalized spacial score (nSPS) is 22.9. The van der Waals surface area contributed by atoms with Crippen LogP contribution in [0.2, 0.25) is 5.02 Å². The van der Waals surface area contributed by atoms with Gasteiger partial charge in [0.25, 0.3) is 0 Å². The van der Waals surface area contributed by atoms with Gasteiger partial charge in [-0.25, -0.2) is 4.68 Å². The van der Waals surface area contributed by atoms with Gasteiger partial charge in [0, 0.05) is 23.0 Å². The predicted molar refractivity (Wildman–Crippen MR) is 90.6 cm³/mol. The fourth-order valence-corrected chi connectivity index (χ4v) is 3.41.